The molecule has 3 nitrogen and oxygen atoms in total. The highest BCUT2D eigenvalue weighted by molar-refractivity contribution is 6.12. The fourth-order valence-electron chi connectivity index (χ4n) is 2.27. The number of nitrogens with one attached hydrogen (secondary N) is 1. The van der Waals surface area contributed by atoms with Crippen molar-refractivity contribution in [2.45, 2.75) is 0 Å². The lowest BCUT2D eigenvalue weighted by Crippen LogP contribution is -2.13. The van der Waals surface area contributed by atoms with Crippen molar-refractivity contribution in [2.75, 3.05) is 5.32 Å². The Kier molecular flexibility index (Phi) is 2.99. The molecule has 3 aromatic rings. The molecule has 1 heterocycles. The molecule has 100 valence electrons. The predicted octanol–water partition coefficient (Wildman–Crippen LogP) is 3.57. The Balaban J connectivity index is 1.96. The van der Waals surface area contributed by atoms with Gasteiger partial charge in [-0.3, -0.25) is 4.79 Å². The van der Waals surface area contributed by atoms with Crippen LogP contribution < -0.4 is 5.32 Å². The Hall–Kier alpha value is -2.62. The van der Waals surface area contributed by atoms with E-state index in [4.69, 9.17) is 0 Å². The maximum atomic E-state index is 12.9. The Morgan fingerprint density at radius 3 is 2.60 bits per heavy atom. The van der Waals surface area contributed by atoms with Crippen LogP contribution in [0, 0.1) is 5.82 Å². The fourth-order valence-corrected chi connectivity index (χ4v) is 2.27. The average Bonchev–Trinajstić information content (AvgIpc) is 2.83. The Labute approximate surface area is 115 Å². The van der Waals surface area contributed by atoms with Crippen molar-refractivity contribution in [3.05, 3.63) is 66.1 Å². The molecule has 0 atom stereocenters. The van der Waals surface area contributed by atoms with E-state index in [2.05, 4.69) is 5.32 Å². The lowest BCUT2D eigenvalue weighted by atomic mass is 10.1. The Morgan fingerprint density at radius 2 is 1.85 bits per heavy atom. The number of anilines is 1. The van der Waals surface area contributed by atoms with Gasteiger partial charge in [-0.05, 0) is 36.4 Å². The summed E-state index contributed by atoms with van der Waals surface area (Å²) in [7, 11) is 1.90. The second-order valence-corrected chi connectivity index (χ2v) is 4.63. The van der Waals surface area contributed by atoms with Crippen molar-refractivity contribution < 1.29 is 9.18 Å². The molecule has 0 saturated carbocycles. The molecule has 0 radical (unpaired) electrons. The summed E-state index contributed by atoms with van der Waals surface area (Å²) >= 11 is 0. The van der Waals surface area contributed by atoms with Crippen LogP contribution in [0.2, 0.25) is 0 Å². The summed E-state index contributed by atoms with van der Waals surface area (Å²) in [5, 5.41) is 3.79. The molecular weight excluding hydrogens is 255 g/mol. The van der Waals surface area contributed by atoms with Gasteiger partial charge in [-0.25, -0.2) is 4.39 Å². The van der Waals surface area contributed by atoms with E-state index in [1.807, 2.05) is 36.0 Å². The van der Waals surface area contributed by atoms with E-state index in [0.29, 0.717) is 11.3 Å². The van der Waals surface area contributed by atoms with Gasteiger partial charge < -0.3 is 9.88 Å². The third-order valence-corrected chi connectivity index (χ3v) is 3.24. The van der Waals surface area contributed by atoms with E-state index in [1.165, 1.54) is 12.1 Å². The van der Waals surface area contributed by atoms with Crippen LogP contribution in [0.1, 0.15) is 10.4 Å². The van der Waals surface area contributed by atoms with Crippen LogP contribution in [0.25, 0.3) is 10.9 Å². The number of benzene rings is 2. The lowest BCUT2D eigenvalue weighted by molar-refractivity contribution is 0.102. The summed E-state index contributed by atoms with van der Waals surface area (Å²) < 4.78 is 14.8. The van der Waals surface area contributed by atoms with Gasteiger partial charge in [0.2, 0.25) is 0 Å². The zero-order valence-electron chi connectivity index (χ0n) is 10.9. The van der Waals surface area contributed by atoms with Gasteiger partial charge in [0, 0.05) is 24.3 Å². The molecule has 2 aromatic carbocycles. The van der Waals surface area contributed by atoms with Crippen molar-refractivity contribution in [3.8, 4) is 0 Å². The number of amides is 1. The first-order valence-corrected chi connectivity index (χ1v) is 6.26. The maximum Gasteiger partial charge on any atom is 0.257 e. The zero-order valence-corrected chi connectivity index (χ0v) is 10.9. The SMILES string of the molecule is Cn1ccc2cccc(C(=O)Nc3ccc(F)cc3)c21. The van der Waals surface area contributed by atoms with Crippen LogP contribution in [-0.2, 0) is 7.05 Å². The molecule has 0 bridgehead atoms. The van der Waals surface area contributed by atoms with Crippen molar-refractivity contribution in [2.24, 2.45) is 7.05 Å². The largest absolute Gasteiger partial charge is 0.350 e. The van der Waals surface area contributed by atoms with E-state index in [0.717, 1.165) is 10.9 Å². The number of fused-ring (bicyclic) bond motifs is 1. The van der Waals surface area contributed by atoms with Crippen molar-refractivity contribution in [1.29, 1.82) is 0 Å². The van der Waals surface area contributed by atoms with E-state index >= 15 is 0 Å². The number of hydrogen-bond donors (Lipinski definition) is 1. The first kappa shape index (κ1) is 12.4. The molecule has 1 aromatic heterocycles. The van der Waals surface area contributed by atoms with Gasteiger partial charge >= 0.3 is 0 Å². The Bertz CT molecular complexity index is 775. The number of aryl methyl sites for hydroxylation is 1. The van der Waals surface area contributed by atoms with Gasteiger partial charge in [0.05, 0.1) is 11.1 Å². The molecule has 0 aliphatic heterocycles. The minimum absolute atomic E-state index is 0.205. The third-order valence-electron chi connectivity index (χ3n) is 3.24. The van der Waals surface area contributed by atoms with E-state index < -0.39 is 0 Å². The molecule has 0 saturated heterocycles. The third kappa shape index (κ3) is 2.16. The number of aromatic nitrogens is 1. The highest BCUT2D eigenvalue weighted by Gasteiger charge is 2.12. The fraction of sp³-hybridized carbons (Fsp3) is 0.0625. The van der Waals surface area contributed by atoms with Crippen molar-refractivity contribution >= 4 is 22.5 Å². The number of nitrogens with zero attached hydrogens (tertiary/aromatic N) is 1. The predicted molar refractivity (Wildman–Crippen MR) is 77.3 cm³/mol. The minimum Gasteiger partial charge on any atom is -0.350 e. The maximum absolute atomic E-state index is 12.9. The second-order valence-electron chi connectivity index (χ2n) is 4.63. The van der Waals surface area contributed by atoms with E-state index in [1.54, 1.807) is 18.2 Å². The van der Waals surface area contributed by atoms with Gasteiger partial charge in [0.25, 0.3) is 5.91 Å². The van der Waals surface area contributed by atoms with Crippen LogP contribution in [0.4, 0.5) is 10.1 Å². The molecular formula is C16H13FN2O. The number of carbonyl (C=O) groups excluding carboxylic acids is 1. The monoisotopic (exact) mass is 268 g/mol. The normalized spacial score (nSPS) is 10.7. The van der Waals surface area contributed by atoms with Gasteiger partial charge in [-0.15, -0.1) is 0 Å². The highest BCUT2D eigenvalue weighted by atomic mass is 19.1. The van der Waals surface area contributed by atoms with Crippen LogP contribution >= 0.6 is 0 Å². The topological polar surface area (TPSA) is 34.0 Å². The lowest BCUT2D eigenvalue weighted by Gasteiger charge is -2.08. The molecule has 1 amide bonds. The molecule has 0 fully saturated rings. The van der Waals surface area contributed by atoms with Crippen LogP contribution in [0.5, 0.6) is 0 Å². The molecule has 20 heavy (non-hydrogen) atoms. The average molecular weight is 268 g/mol. The molecule has 0 aliphatic carbocycles. The number of halogens is 1. The quantitative estimate of drug-likeness (QED) is 0.757. The number of para-hydroxylation sites is 1. The molecule has 0 spiro atoms. The highest BCUT2D eigenvalue weighted by Crippen LogP contribution is 2.20. The van der Waals surface area contributed by atoms with Gasteiger partial charge in [0.15, 0.2) is 0 Å². The summed E-state index contributed by atoms with van der Waals surface area (Å²) in [4.78, 5) is 12.3. The summed E-state index contributed by atoms with van der Waals surface area (Å²) in [6.07, 6.45) is 1.92. The standard InChI is InChI=1S/C16H13FN2O/c1-19-10-9-11-3-2-4-14(15(11)19)16(20)18-13-7-5-12(17)6-8-13/h2-10H,1H3,(H,18,20). The van der Waals surface area contributed by atoms with Gasteiger partial charge in [0.1, 0.15) is 5.82 Å². The number of rotatable bonds is 2. The molecule has 4 heteroatoms. The van der Waals surface area contributed by atoms with E-state index in [-0.39, 0.29) is 11.7 Å². The van der Waals surface area contributed by atoms with Gasteiger partial charge in [-0.2, -0.15) is 0 Å². The van der Waals surface area contributed by atoms with E-state index in [9.17, 15) is 9.18 Å². The number of hydrogen-bond acceptors (Lipinski definition) is 1. The first-order chi connectivity index (χ1) is 9.65. The smallest absolute Gasteiger partial charge is 0.257 e. The van der Waals surface area contributed by atoms with Crippen molar-refractivity contribution in [3.63, 3.8) is 0 Å². The summed E-state index contributed by atoms with van der Waals surface area (Å²) in [6.45, 7) is 0. The zero-order chi connectivity index (χ0) is 14.1. The number of carbonyl (C=O) groups is 1. The summed E-state index contributed by atoms with van der Waals surface area (Å²) in [5.74, 6) is -0.531. The molecule has 0 unspecified atom stereocenters. The summed E-state index contributed by atoms with van der Waals surface area (Å²) in [5.41, 5.74) is 2.05. The van der Waals surface area contributed by atoms with Crippen LogP contribution in [0.3, 0.4) is 0 Å². The van der Waals surface area contributed by atoms with Gasteiger partial charge in [-0.1, -0.05) is 12.1 Å². The second kappa shape index (κ2) is 4.81. The van der Waals surface area contributed by atoms with Crippen molar-refractivity contribution in [1.82, 2.24) is 4.57 Å². The Morgan fingerprint density at radius 1 is 1.10 bits per heavy atom. The minimum atomic E-state index is -0.326. The summed E-state index contributed by atoms with van der Waals surface area (Å²) in [6, 6.07) is 13.3. The first-order valence-electron chi connectivity index (χ1n) is 6.26. The van der Waals surface area contributed by atoms with Crippen LogP contribution in [0.15, 0.2) is 54.7 Å². The van der Waals surface area contributed by atoms with Crippen LogP contribution in [-0.4, -0.2) is 10.5 Å². The molecule has 0 aliphatic rings. The molecule has 3 rings (SSSR count). The molecule has 1 N–H and O–H groups in total.